The summed E-state index contributed by atoms with van der Waals surface area (Å²) in [6, 6.07) is 8.56. The summed E-state index contributed by atoms with van der Waals surface area (Å²) in [5.74, 6) is 0.402. The summed E-state index contributed by atoms with van der Waals surface area (Å²) >= 11 is 2.29. The second-order valence-corrected chi connectivity index (χ2v) is 8.61. The van der Waals surface area contributed by atoms with Gasteiger partial charge >= 0.3 is 5.00 Å². The van der Waals surface area contributed by atoms with Crippen LogP contribution in [0, 0.1) is 10.1 Å². The van der Waals surface area contributed by atoms with Crippen molar-refractivity contribution in [2.45, 2.75) is 13.3 Å². The molecule has 0 saturated heterocycles. The van der Waals surface area contributed by atoms with Crippen LogP contribution in [-0.2, 0) is 0 Å². The molecule has 0 saturated carbocycles. The van der Waals surface area contributed by atoms with Crippen LogP contribution in [0.15, 0.2) is 30.3 Å². The van der Waals surface area contributed by atoms with Crippen LogP contribution in [0.1, 0.15) is 23.0 Å². The number of thiophene rings is 1. The summed E-state index contributed by atoms with van der Waals surface area (Å²) in [7, 11) is 3.95. The molecule has 1 amide bonds. The first-order chi connectivity index (χ1) is 13.9. The molecule has 0 radical (unpaired) electrons. The average Bonchev–Trinajstić information content (AvgIpc) is 3.32. The first kappa shape index (κ1) is 21.2. The fourth-order valence-corrected chi connectivity index (χ4v) is 4.58. The smallest absolute Gasteiger partial charge is 0.324 e. The molecule has 0 aliphatic carbocycles. The van der Waals surface area contributed by atoms with Gasteiger partial charge in [-0.15, -0.1) is 0 Å². The van der Waals surface area contributed by atoms with Crippen molar-refractivity contribution in [3.63, 3.8) is 0 Å². The lowest BCUT2D eigenvalue weighted by molar-refractivity contribution is -0.380. The van der Waals surface area contributed by atoms with E-state index in [-0.39, 0.29) is 10.9 Å². The second kappa shape index (κ2) is 9.29. The molecule has 1 aromatic carbocycles. The molecule has 3 aromatic rings. The Morgan fingerprint density at radius 2 is 2.00 bits per heavy atom. The summed E-state index contributed by atoms with van der Waals surface area (Å²) in [5.41, 5.74) is 0.719. The number of benzene rings is 1. The van der Waals surface area contributed by atoms with Crippen LogP contribution in [-0.4, -0.2) is 54.5 Å². The standard InChI is InChI=1S/C19H22N4O4S2/c1-4-27-13-7-5-8-14-17(13)20-19(29-14)22(12-6-11-21(2)3)18(24)15-9-10-16(28-15)23(25)26/h5,7-10H,4,6,11-12H2,1-3H3. The molecule has 0 aliphatic heterocycles. The first-order valence-corrected chi connectivity index (χ1v) is 10.8. The monoisotopic (exact) mass is 434 g/mol. The zero-order chi connectivity index (χ0) is 21.0. The Morgan fingerprint density at radius 3 is 2.66 bits per heavy atom. The number of amides is 1. The zero-order valence-corrected chi connectivity index (χ0v) is 18.1. The van der Waals surface area contributed by atoms with Crippen molar-refractivity contribution in [1.29, 1.82) is 0 Å². The largest absolute Gasteiger partial charge is 0.492 e. The second-order valence-electron chi connectivity index (χ2n) is 6.54. The Labute approximate surface area is 176 Å². The third-order valence-electron chi connectivity index (χ3n) is 4.12. The molecule has 0 spiro atoms. The van der Waals surface area contributed by atoms with Crippen molar-refractivity contribution in [2.75, 3.05) is 38.7 Å². The highest BCUT2D eigenvalue weighted by atomic mass is 32.1. The molecular weight excluding hydrogens is 412 g/mol. The summed E-state index contributed by atoms with van der Waals surface area (Å²) in [6.45, 7) is 3.71. The third-order valence-corrected chi connectivity index (χ3v) is 6.18. The Kier molecular flexibility index (Phi) is 6.78. The molecule has 0 aliphatic rings. The summed E-state index contributed by atoms with van der Waals surface area (Å²) in [4.78, 5) is 32.4. The number of carbonyl (C=O) groups excluding carboxylic acids is 1. The van der Waals surface area contributed by atoms with Gasteiger partial charge in [-0.3, -0.25) is 19.8 Å². The SMILES string of the molecule is CCOc1cccc2sc(N(CCCN(C)C)C(=O)c3ccc([N+](=O)[O-])s3)nc12. The molecule has 2 heterocycles. The fourth-order valence-electron chi connectivity index (χ4n) is 2.80. The minimum absolute atomic E-state index is 0.0514. The Morgan fingerprint density at radius 1 is 1.21 bits per heavy atom. The third kappa shape index (κ3) is 4.89. The molecule has 8 nitrogen and oxygen atoms in total. The Balaban J connectivity index is 1.96. The van der Waals surface area contributed by atoms with Crippen LogP contribution in [0.3, 0.4) is 0 Å². The van der Waals surface area contributed by atoms with Gasteiger partial charge in [-0.05, 0) is 52.2 Å². The van der Waals surface area contributed by atoms with Crippen molar-refractivity contribution in [2.24, 2.45) is 0 Å². The summed E-state index contributed by atoms with van der Waals surface area (Å²) < 4.78 is 6.59. The number of ether oxygens (including phenoxy) is 1. The number of nitro groups is 1. The van der Waals surface area contributed by atoms with Gasteiger partial charge < -0.3 is 9.64 Å². The molecule has 10 heteroatoms. The van der Waals surface area contributed by atoms with Crippen LogP contribution < -0.4 is 9.64 Å². The normalized spacial score (nSPS) is 11.2. The minimum Gasteiger partial charge on any atom is -0.492 e. The highest BCUT2D eigenvalue weighted by Gasteiger charge is 2.25. The molecule has 0 fully saturated rings. The number of hydrogen-bond donors (Lipinski definition) is 0. The van der Waals surface area contributed by atoms with Crippen molar-refractivity contribution < 1.29 is 14.5 Å². The van der Waals surface area contributed by atoms with Crippen LogP contribution in [0.2, 0.25) is 0 Å². The van der Waals surface area contributed by atoms with Crippen molar-refractivity contribution in [3.8, 4) is 5.75 Å². The molecular formula is C19H22N4O4S2. The number of aromatic nitrogens is 1. The lowest BCUT2D eigenvalue weighted by Gasteiger charge is -2.20. The van der Waals surface area contributed by atoms with E-state index in [4.69, 9.17) is 4.74 Å². The van der Waals surface area contributed by atoms with Crippen LogP contribution in [0.25, 0.3) is 10.2 Å². The van der Waals surface area contributed by atoms with E-state index in [1.807, 2.05) is 44.1 Å². The number of nitrogens with zero attached hydrogens (tertiary/aromatic N) is 4. The highest BCUT2D eigenvalue weighted by molar-refractivity contribution is 7.22. The summed E-state index contributed by atoms with van der Waals surface area (Å²) in [6.07, 6.45) is 0.750. The summed E-state index contributed by atoms with van der Waals surface area (Å²) in [5, 5.41) is 11.5. The number of anilines is 1. The molecule has 0 N–H and O–H groups in total. The maximum atomic E-state index is 13.2. The Hall–Kier alpha value is -2.56. The van der Waals surface area contributed by atoms with E-state index >= 15 is 0 Å². The fraction of sp³-hybridized carbons (Fsp3) is 0.368. The average molecular weight is 435 g/mol. The van der Waals surface area contributed by atoms with Crippen LogP contribution in [0.4, 0.5) is 10.1 Å². The van der Waals surface area contributed by atoms with Gasteiger partial charge in [0.2, 0.25) is 0 Å². The minimum atomic E-state index is -0.482. The number of thiazole rings is 1. The van der Waals surface area contributed by atoms with Gasteiger partial charge in [-0.25, -0.2) is 4.98 Å². The zero-order valence-electron chi connectivity index (χ0n) is 16.5. The van der Waals surface area contributed by atoms with Gasteiger partial charge in [0, 0.05) is 12.6 Å². The lowest BCUT2D eigenvalue weighted by Crippen LogP contribution is -2.32. The van der Waals surface area contributed by atoms with E-state index in [1.54, 1.807) is 4.90 Å². The molecule has 0 atom stereocenters. The Bertz CT molecular complexity index is 1010. The van der Waals surface area contributed by atoms with E-state index < -0.39 is 4.92 Å². The lowest BCUT2D eigenvalue weighted by atomic mass is 10.3. The quantitative estimate of drug-likeness (QED) is 0.369. The van der Waals surface area contributed by atoms with Gasteiger partial charge in [0.05, 0.1) is 21.1 Å². The van der Waals surface area contributed by atoms with Crippen molar-refractivity contribution in [1.82, 2.24) is 9.88 Å². The van der Waals surface area contributed by atoms with Crippen molar-refractivity contribution >= 4 is 48.9 Å². The molecule has 2 aromatic heterocycles. The molecule has 0 bridgehead atoms. The predicted octanol–water partition coefficient (Wildman–Crippen LogP) is 4.26. The van der Waals surface area contributed by atoms with E-state index in [1.165, 1.54) is 23.5 Å². The van der Waals surface area contributed by atoms with E-state index in [0.717, 1.165) is 34.5 Å². The van der Waals surface area contributed by atoms with E-state index in [2.05, 4.69) is 4.98 Å². The van der Waals surface area contributed by atoms with Gasteiger partial charge in [-0.2, -0.15) is 0 Å². The number of fused-ring (bicyclic) bond motifs is 1. The van der Waals surface area contributed by atoms with Gasteiger partial charge in [0.1, 0.15) is 11.3 Å². The van der Waals surface area contributed by atoms with Gasteiger partial charge in [0.25, 0.3) is 5.91 Å². The number of rotatable bonds is 9. The van der Waals surface area contributed by atoms with E-state index in [9.17, 15) is 14.9 Å². The van der Waals surface area contributed by atoms with E-state index in [0.29, 0.717) is 28.9 Å². The first-order valence-electron chi connectivity index (χ1n) is 9.14. The topological polar surface area (TPSA) is 88.8 Å². The highest BCUT2D eigenvalue weighted by Crippen LogP contribution is 2.35. The number of para-hydroxylation sites is 1. The van der Waals surface area contributed by atoms with Crippen molar-refractivity contribution in [3.05, 3.63) is 45.3 Å². The maximum absolute atomic E-state index is 13.2. The predicted molar refractivity (Wildman–Crippen MR) is 117 cm³/mol. The van der Waals surface area contributed by atoms with Gasteiger partial charge in [-0.1, -0.05) is 28.7 Å². The molecule has 154 valence electrons. The molecule has 3 rings (SSSR count). The molecule has 0 unspecified atom stereocenters. The number of carbonyl (C=O) groups is 1. The van der Waals surface area contributed by atoms with Crippen LogP contribution >= 0.6 is 22.7 Å². The van der Waals surface area contributed by atoms with Gasteiger partial charge in [0.15, 0.2) is 5.13 Å². The molecule has 29 heavy (non-hydrogen) atoms. The van der Waals surface area contributed by atoms with Crippen LogP contribution in [0.5, 0.6) is 5.75 Å². The number of hydrogen-bond acceptors (Lipinski definition) is 8. The maximum Gasteiger partial charge on any atom is 0.324 e.